The minimum Gasteiger partial charge on any atom is -0.385 e. The molecule has 0 radical (unpaired) electrons. The van der Waals surface area contributed by atoms with Crippen LogP contribution in [0.1, 0.15) is 127 Å². The van der Waals surface area contributed by atoms with Gasteiger partial charge in [0.15, 0.2) is 5.82 Å². The van der Waals surface area contributed by atoms with Crippen LogP contribution < -0.4 is 0 Å². The zero-order chi connectivity index (χ0) is 22.0. The molecule has 1 aromatic carbocycles. The SMILES string of the molecule is CCCCCCCCCCCCCCCCCC(O)c1ncnn1Cc1ccccc1. The van der Waals surface area contributed by atoms with Gasteiger partial charge in [0.25, 0.3) is 0 Å². The number of rotatable bonds is 19. The average molecular weight is 428 g/mol. The number of aromatic nitrogens is 3. The summed E-state index contributed by atoms with van der Waals surface area (Å²) in [5.41, 5.74) is 1.17. The smallest absolute Gasteiger partial charge is 0.156 e. The van der Waals surface area contributed by atoms with Crippen LogP contribution >= 0.6 is 0 Å². The van der Waals surface area contributed by atoms with Gasteiger partial charge >= 0.3 is 0 Å². The third-order valence-electron chi connectivity index (χ3n) is 6.20. The van der Waals surface area contributed by atoms with Crippen molar-refractivity contribution in [2.24, 2.45) is 0 Å². The van der Waals surface area contributed by atoms with Crippen molar-refractivity contribution in [3.05, 3.63) is 48.0 Å². The van der Waals surface area contributed by atoms with E-state index in [1.54, 1.807) is 6.33 Å². The normalized spacial score (nSPS) is 12.3. The first kappa shape index (κ1) is 25.6. The van der Waals surface area contributed by atoms with Gasteiger partial charge < -0.3 is 5.11 Å². The topological polar surface area (TPSA) is 50.9 Å². The van der Waals surface area contributed by atoms with Gasteiger partial charge in [-0.1, -0.05) is 134 Å². The van der Waals surface area contributed by atoms with Gasteiger partial charge in [0.05, 0.1) is 6.54 Å². The maximum Gasteiger partial charge on any atom is 0.156 e. The Labute approximate surface area is 190 Å². The lowest BCUT2D eigenvalue weighted by Crippen LogP contribution is -2.11. The molecule has 4 nitrogen and oxygen atoms in total. The van der Waals surface area contributed by atoms with Crippen LogP contribution in [-0.2, 0) is 6.54 Å². The van der Waals surface area contributed by atoms with Crippen LogP contribution in [0.4, 0.5) is 0 Å². The van der Waals surface area contributed by atoms with Crippen LogP contribution in [0.2, 0.25) is 0 Å². The molecule has 1 heterocycles. The quantitative estimate of drug-likeness (QED) is 0.235. The summed E-state index contributed by atoms with van der Waals surface area (Å²) < 4.78 is 1.82. The predicted molar refractivity (Wildman–Crippen MR) is 130 cm³/mol. The van der Waals surface area contributed by atoms with E-state index in [1.807, 2.05) is 22.9 Å². The molecule has 0 aliphatic heterocycles. The van der Waals surface area contributed by atoms with Crippen molar-refractivity contribution < 1.29 is 5.11 Å². The van der Waals surface area contributed by atoms with E-state index in [-0.39, 0.29) is 0 Å². The van der Waals surface area contributed by atoms with Gasteiger partial charge in [-0.05, 0) is 12.0 Å². The van der Waals surface area contributed by atoms with Gasteiger partial charge in [-0.2, -0.15) is 5.10 Å². The van der Waals surface area contributed by atoms with Gasteiger partial charge in [0, 0.05) is 0 Å². The predicted octanol–water partition coefficient (Wildman–Crippen LogP) is 7.62. The van der Waals surface area contributed by atoms with Crippen LogP contribution in [0.15, 0.2) is 36.7 Å². The van der Waals surface area contributed by atoms with E-state index in [0.717, 1.165) is 12.8 Å². The molecule has 1 atom stereocenters. The maximum atomic E-state index is 10.5. The molecule has 0 saturated carbocycles. The van der Waals surface area contributed by atoms with Crippen molar-refractivity contribution in [1.82, 2.24) is 14.8 Å². The second-order valence-electron chi connectivity index (χ2n) is 9.02. The zero-order valence-corrected chi connectivity index (χ0v) is 19.9. The van der Waals surface area contributed by atoms with Crippen molar-refractivity contribution in [3.63, 3.8) is 0 Å². The summed E-state index contributed by atoms with van der Waals surface area (Å²) in [6.45, 7) is 2.94. The third kappa shape index (κ3) is 11.5. The summed E-state index contributed by atoms with van der Waals surface area (Å²) in [5, 5.41) is 14.8. The van der Waals surface area contributed by atoms with Gasteiger partial charge in [0.1, 0.15) is 12.4 Å². The zero-order valence-electron chi connectivity index (χ0n) is 19.9. The minimum absolute atomic E-state index is 0.520. The fourth-order valence-electron chi connectivity index (χ4n) is 4.25. The highest BCUT2D eigenvalue weighted by atomic mass is 16.3. The molecule has 31 heavy (non-hydrogen) atoms. The van der Waals surface area contributed by atoms with Gasteiger partial charge in [-0.15, -0.1) is 0 Å². The molecule has 0 aliphatic carbocycles. The number of hydrogen-bond acceptors (Lipinski definition) is 3. The molecule has 1 unspecified atom stereocenters. The summed E-state index contributed by atoms with van der Waals surface area (Å²) in [4.78, 5) is 4.30. The van der Waals surface area contributed by atoms with E-state index in [9.17, 15) is 5.11 Å². The van der Waals surface area contributed by atoms with Gasteiger partial charge in [0.2, 0.25) is 0 Å². The van der Waals surface area contributed by atoms with E-state index >= 15 is 0 Å². The molecular weight excluding hydrogens is 382 g/mol. The molecule has 0 saturated heterocycles. The highest BCUT2D eigenvalue weighted by molar-refractivity contribution is 5.15. The van der Waals surface area contributed by atoms with E-state index in [2.05, 4.69) is 29.1 Å². The van der Waals surface area contributed by atoms with Crippen LogP contribution in [0, 0.1) is 0 Å². The molecule has 1 aromatic heterocycles. The first-order valence-electron chi connectivity index (χ1n) is 12.9. The summed E-state index contributed by atoms with van der Waals surface area (Å²) in [7, 11) is 0. The van der Waals surface area contributed by atoms with Gasteiger partial charge in [-0.25, -0.2) is 9.67 Å². The molecule has 0 fully saturated rings. The molecule has 2 rings (SSSR count). The number of aliphatic hydroxyl groups is 1. The first-order chi connectivity index (χ1) is 15.3. The van der Waals surface area contributed by atoms with E-state index in [0.29, 0.717) is 12.4 Å². The summed E-state index contributed by atoms with van der Waals surface area (Å²) >= 11 is 0. The second kappa shape index (κ2) is 16.9. The van der Waals surface area contributed by atoms with Crippen molar-refractivity contribution in [1.29, 1.82) is 0 Å². The first-order valence-corrected chi connectivity index (χ1v) is 12.9. The Kier molecular flexibility index (Phi) is 14.0. The summed E-state index contributed by atoms with van der Waals surface area (Å²) in [5.74, 6) is 0.689. The Morgan fingerprint density at radius 2 is 1.26 bits per heavy atom. The Morgan fingerprint density at radius 1 is 0.742 bits per heavy atom. The fourth-order valence-corrected chi connectivity index (χ4v) is 4.25. The fraction of sp³-hybridized carbons (Fsp3) is 0.704. The lowest BCUT2D eigenvalue weighted by atomic mass is 10.0. The third-order valence-corrected chi connectivity index (χ3v) is 6.20. The Hall–Kier alpha value is -1.68. The maximum absolute atomic E-state index is 10.5. The molecule has 2 aromatic rings. The molecule has 174 valence electrons. The molecule has 4 heteroatoms. The number of unbranched alkanes of at least 4 members (excludes halogenated alkanes) is 14. The molecule has 0 aliphatic rings. The number of benzene rings is 1. The Balaban J connectivity index is 1.44. The molecule has 1 N–H and O–H groups in total. The molecule has 0 bridgehead atoms. The van der Waals surface area contributed by atoms with Crippen LogP contribution in [0.25, 0.3) is 0 Å². The van der Waals surface area contributed by atoms with Crippen LogP contribution in [0.5, 0.6) is 0 Å². The summed E-state index contributed by atoms with van der Waals surface area (Å²) in [6.07, 6.45) is 22.2. The van der Waals surface area contributed by atoms with Crippen LogP contribution in [0.3, 0.4) is 0 Å². The standard InChI is InChI=1S/C27H45N3O/c1-2-3-4-5-6-7-8-9-10-11-12-13-14-15-19-22-26(31)27-28-24-29-30(27)23-25-20-17-16-18-21-25/h16-18,20-21,24,26,31H,2-15,19,22-23H2,1H3. The van der Waals surface area contributed by atoms with Crippen molar-refractivity contribution in [3.8, 4) is 0 Å². The van der Waals surface area contributed by atoms with Crippen molar-refractivity contribution in [2.75, 3.05) is 0 Å². The van der Waals surface area contributed by atoms with Crippen molar-refractivity contribution in [2.45, 2.75) is 122 Å². The molecular formula is C27H45N3O. The van der Waals surface area contributed by atoms with Crippen molar-refractivity contribution >= 4 is 0 Å². The van der Waals surface area contributed by atoms with E-state index in [1.165, 1.54) is 95.5 Å². The largest absolute Gasteiger partial charge is 0.385 e. The Morgan fingerprint density at radius 3 is 1.81 bits per heavy atom. The molecule has 0 amide bonds. The highest BCUT2D eigenvalue weighted by Gasteiger charge is 2.14. The lowest BCUT2D eigenvalue weighted by molar-refractivity contribution is 0.148. The minimum atomic E-state index is -0.520. The Bertz CT molecular complexity index is 656. The highest BCUT2D eigenvalue weighted by Crippen LogP contribution is 2.19. The number of nitrogens with zero attached hydrogens (tertiary/aromatic N) is 3. The van der Waals surface area contributed by atoms with E-state index in [4.69, 9.17) is 0 Å². The average Bonchev–Trinajstić information content (AvgIpc) is 3.25. The summed E-state index contributed by atoms with van der Waals surface area (Å²) in [6, 6.07) is 10.2. The van der Waals surface area contributed by atoms with E-state index < -0.39 is 6.10 Å². The lowest BCUT2D eigenvalue weighted by Gasteiger charge is -2.12. The molecule has 0 spiro atoms. The van der Waals surface area contributed by atoms with Gasteiger partial charge in [-0.3, -0.25) is 0 Å². The monoisotopic (exact) mass is 427 g/mol. The number of hydrogen-bond donors (Lipinski definition) is 1. The second-order valence-corrected chi connectivity index (χ2v) is 9.02. The van der Waals surface area contributed by atoms with Crippen LogP contribution in [-0.4, -0.2) is 19.9 Å². The number of aliphatic hydroxyl groups excluding tert-OH is 1.